The zero-order valence-corrected chi connectivity index (χ0v) is 25.1. The Bertz CT molecular complexity index is 1530. The lowest BCUT2D eigenvalue weighted by Crippen LogP contribution is -2.43. The van der Waals surface area contributed by atoms with Gasteiger partial charge in [0.2, 0.25) is 0 Å². The molecule has 3 heterocycles. The van der Waals surface area contributed by atoms with Gasteiger partial charge < -0.3 is 19.1 Å². The number of fused-ring (bicyclic) bond motifs is 1. The number of Topliss-reactive ketones (excluding diaryl/α,β-unsaturated/α-hetero) is 1. The largest absolute Gasteiger partial charge is 0.444 e. The highest BCUT2D eigenvalue weighted by Crippen LogP contribution is 2.35. The van der Waals surface area contributed by atoms with Crippen LogP contribution in [0.5, 0.6) is 0 Å². The van der Waals surface area contributed by atoms with E-state index in [2.05, 4.69) is 4.98 Å². The van der Waals surface area contributed by atoms with Crippen LogP contribution in [0.4, 0.5) is 22.4 Å². The number of ether oxygens (including phenoxy) is 1. The Morgan fingerprint density at radius 1 is 1.09 bits per heavy atom. The van der Waals surface area contributed by atoms with E-state index in [1.54, 1.807) is 43.2 Å². The molecular formula is C31H36F4N4O4. The summed E-state index contributed by atoms with van der Waals surface area (Å²) in [5.74, 6) is -2.34. The third-order valence-electron chi connectivity index (χ3n) is 7.44. The minimum atomic E-state index is -4.66. The van der Waals surface area contributed by atoms with Gasteiger partial charge >= 0.3 is 12.3 Å². The van der Waals surface area contributed by atoms with Crippen LogP contribution >= 0.6 is 0 Å². The molecule has 4 rings (SSSR count). The van der Waals surface area contributed by atoms with E-state index < -0.39 is 48.1 Å². The molecule has 0 saturated carbocycles. The van der Waals surface area contributed by atoms with Gasteiger partial charge in [0, 0.05) is 47.9 Å². The van der Waals surface area contributed by atoms with Gasteiger partial charge in [-0.1, -0.05) is 0 Å². The average Bonchev–Trinajstić information content (AvgIpc) is 3.21. The van der Waals surface area contributed by atoms with E-state index in [0.29, 0.717) is 53.0 Å². The van der Waals surface area contributed by atoms with Crippen molar-refractivity contribution in [1.82, 2.24) is 19.4 Å². The summed E-state index contributed by atoms with van der Waals surface area (Å²) in [4.78, 5) is 46.4. The van der Waals surface area contributed by atoms with Crippen LogP contribution in [0.1, 0.15) is 73.9 Å². The number of alkyl halides is 3. The summed E-state index contributed by atoms with van der Waals surface area (Å²) in [6.45, 7) is 9.11. The number of amides is 2. The molecule has 3 aromatic rings. The smallest absolute Gasteiger partial charge is 0.410 e. The molecule has 0 spiro atoms. The van der Waals surface area contributed by atoms with Gasteiger partial charge in [-0.15, -0.1) is 0 Å². The minimum absolute atomic E-state index is 0.133. The normalized spacial score (nSPS) is 14.8. The number of halogens is 4. The fourth-order valence-corrected chi connectivity index (χ4v) is 5.45. The Labute approximate surface area is 247 Å². The van der Waals surface area contributed by atoms with Gasteiger partial charge in [-0.25, -0.2) is 9.18 Å². The third kappa shape index (κ3) is 7.00. The van der Waals surface area contributed by atoms with Gasteiger partial charge in [0.15, 0.2) is 5.78 Å². The molecule has 0 radical (unpaired) electrons. The molecular weight excluding hydrogens is 568 g/mol. The fraction of sp³-hybridized carbons (Fsp3) is 0.484. The van der Waals surface area contributed by atoms with Crippen molar-refractivity contribution in [3.63, 3.8) is 0 Å². The monoisotopic (exact) mass is 604 g/mol. The molecule has 0 unspecified atom stereocenters. The van der Waals surface area contributed by atoms with Crippen LogP contribution in [0.2, 0.25) is 0 Å². The molecule has 1 fully saturated rings. The maximum atomic E-state index is 14.5. The number of pyridine rings is 1. The van der Waals surface area contributed by atoms with Crippen molar-refractivity contribution in [2.24, 2.45) is 5.92 Å². The number of aromatic nitrogens is 2. The van der Waals surface area contributed by atoms with Crippen molar-refractivity contribution in [3.05, 3.63) is 59.3 Å². The average molecular weight is 605 g/mol. The molecule has 1 aliphatic heterocycles. The van der Waals surface area contributed by atoms with E-state index in [1.165, 1.54) is 32.3 Å². The van der Waals surface area contributed by atoms with Crippen LogP contribution in [0, 0.1) is 18.7 Å². The van der Waals surface area contributed by atoms with Crippen molar-refractivity contribution in [1.29, 1.82) is 0 Å². The van der Waals surface area contributed by atoms with Gasteiger partial charge in [-0.3, -0.25) is 14.6 Å². The second kappa shape index (κ2) is 12.0. The molecule has 12 heteroatoms. The molecule has 2 amide bonds. The molecule has 2 aromatic heterocycles. The first kappa shape index (κ1) is 32.0. The molecule has 232 valence electrons. The van der Waals surface area contributed by atoms with Crippen LogP contribution in [0.25, 0.3) is 16.6 Å². The SMILES string of the molecule is Cc1c(C(=O)C2CCN(C(=O)OC(C)(C)C)CC2)c2ccncc2n1-c1ccc(F)cc1C(=O)N(CC(F)(F)F)C(C)C. The number of rotatable bonds is 6. The van der Waals surface area contributed by atoms with Crippen LogP contribution < -0.4 is 0 Å². The number of piperidine rings is 1. The Morgan fingerprint density at radius 2 is 1.74 bits per heavy atom. The van der Waals surface area contributed by atoms with Crippen LogP contribution in [-0.4, -0.2) is 74.6 Å². The summed E-state index contributed by atoms with van der Waals surface area (Å²) in [5.41, 5.74) is 0.486. The van der Waals surface area contributed by atoms with Crippen molar-refractivity contribution >= 4 is 28.7 Å². The maximum Gasteiger partial charge on any atom is 0.410 e. The highest BCUT2D eigenvalue weighted by molar-refractivity contribution is 6.11. The van der Waals surface area contributed by atoms with Crippen LogP contribution in [0.3, 0.4) is 0 Å². The molecule has 0 N–H and O–H groups in total. The first-order valence-corrected chi connectivity index (χ1v) is 14.1. The van der Waals surface area contributed by atoms with Crippen molar-refractivity contribution in [2.45, 2.75) is 72.2 Å². The molecule has 0 aliphatic carbocycles. The predicted octanol–water partition coefficient (Wildman–Crippen LogP) is 6.72. The zero-order valence-electron chi connectivity index (χ0n) is 25.1. The summed E-state index contributed by atoms with van der Waals surface area (Å²) in [5, 5.41) is 0.547. The minimum Gasteiger partial charge on any atom is -0.444 e. The number of hydrogen-bond acceptors (Lipinski definition) is 5. The Balaban J connectivity index is 1.74. The van der Waals surface area contributed by atoms with Gasteiger partial charge in [0.25, 0.3) is 5.91 Å². The lowest BCUT2D eigenvalue weighted by Gasteiger charge is -2.33. The van der Waals surface area contributed by atoms with E-state index in [9.17, 15) is 31.9 Å². The maximum absolute atomic E-state index is 14.5. The van der Waals surface area contributed by atoms with Crippen molar-refractivity contribution < 1.29 is 36.7 Å². The Morgan fingerprint density at radius 3 is 2.33 bits per heavy atom. The second-order valence-corrected chi connectivity index (χ2v) is 12.1. The van der Waals surface area contributed by atoms with E-state index in [0.717, 1.165) is 12.1 Å². The molecule has 0 bridgehead atoms. The lowest BCUT2D eigenvalue weighted by molar-refractivity contribution is -0.143. The molecule has 8 nitrogen and oxygen atoms in total. The summed E-state index contributed by atoms with van der Waals surface area (Å²) in [7, 11) is 0. The molecule has 1 saturated heterocycles. The van der Waals surface area contributed by atoms with Crippen molar-refractivity contribution in [2.75, 3.05) is 19.6 Å². The molecule has 0 atom stereocenters. The van der Waals surface area contributed by atoms with Crippen LogP contribution in [-0.2, 0) is 4.74 Å². The number of carbonyl (C=O) groups is 3. The quantitative estimate of drug-likeness (QED) is 0.231. The van der Waals surface area contributed by atoms with Crippen molar-refractivity contribution in [3.8, 4) is 5.69 Å². The van der Waals surface area contributed by atoms with Crippen LogP contribution in [0.15, 0.2) is 36.7 Å². The Kier molecular flexibility index (Phi) is 8.90. The van der Waals surface area contributed by atoms with E-state index in [-0.39, 0.29) is 17.0 Å². The summed E-state index contributed by atoms with van der Waals surface area (Å²) < 4.78 is 61.7. The standard InChI is InChI=1S/C31H36F4N4O4/c1-18(2)38(17-31(33,34)35)28(41)23-15-21(32)7-8-24(23)39-19(3)26(22-9-12-36-16-25(22)39)27(40)20-10-13-37(14-11-20)29(42)43-30(4,5)6/h7-9,12,15-16,18,20H,10-11,13-14,17H2,1-6H3. The van der Waals surface area contributed by atoms with E-state index in [1.807, 2.05) is 0 Å². The number of carbonyl (C=O) groups excluding carboxylic acids is 3. The van der Waals surface area contributed by atoms with E-state index >= 15 is 0 Å². The molecule has 1 aliphatic rings. The number of hydrogen-bond donors (Lipinski definition) is 0. The molecule has 1 aromatic carbocycles. The van der Waals surface area contributed by atoms with Gasteiger partial charge in [-0.2, -0.15) is 13.2 Å². The third-order valence-corrected chi connectivity index (χ3v) is 7.44. The fourth-order valence-electron chi connectivity index (χ4n) is 5.45. The zero-order chi connectivity index (χ0) is 31.9. The topological polar surface area (TPSA) is 84.7 Å². The molecule has 43 heavy (non-hydrogen) atoms. The first-order chi connectivity index (χ1) is 20.0. The van der Waals surface area contributed by atoms with E-state index in [4.69, 9.17) is 4.74 Å². The number of ketones is 1. The number of benzene rings is 1. The van der Waals surface area contributed by atoms with Gasteiger partial charge in [0.05, 0.1) is 23.0 Å². The predicted molar refractivity (Wildman–Crippen MR) is 153 cm³/mol. The number of likely N-dealkylation sites (tertiary alicyclic amines) is 1. The number of nitrogens with zero attached hydrogens (tertiary/aromatic N) is 4. The first-order valence-electron chi connectivity index (χ1n) is 14.1. The Hall–Kier alpha value is -3.96. The van der Waals surface area contributed by atoms with Gasteiger partial charge in [0.1, 0.15) is 18.0 Å². The highest BCUT2D eigenvalue weighted by Gasteiger charge is 2.37. The summed E-state index contributed by atoms with van der Waals surface area (Å²) in [6, 6.07) is 4.20. The lowest BCUT2D eigenvalue weighted by atomic mass is 9.88. The summed E-state index contributed by atoms with van der Waals surface area (Å²) >= 11 is 0. The summed E-state index contributed by atoms with van der Waals surface area (Å²) in [6.07, 6.45) is -1.25. The second-order valence-electron chi connectivity index (χ2n) is 12.1. The highest BCUT2D eigenvalue weighted by atomic mass is 19.4. The van der Waals surface area contributed by atoms with Gasteiger partial charge in [-0.05, 0) is 78.6 Å².